The summed E-state index contributed by atoms with van der Waals surface area (Å²) in [6, 6.07) is 0. The number of likely N-dealkylation sites (tertiary alicyclic amines) is 3. The zero-order valence-corrected chi connectivity index (χ0v) is 22.6. The van der Waals surface area contributed by atoms with Crippen molar-refractivity contribution in [3.05, 3.63) is 13.0 Å². The van der Waals surface area contributed by atoms with Crippen molar-refractivity contribution in [1.29, 1.82) is 0 Å². The topological polar surface area (TPSA) is 0 Å². The van der Waals surface area contributed by atoms with Crippen molar-refractivity contribution in [2.45, 2.75) is 98.3 Å². The summed E-state index contributed by atoms with van der Waals surface area (Å²) in [6.45, 7) is 28.2. The molecule has 3 aliphatic rings. The van der Waals surface area contributed by atoms with Gasteiger partial charge in [0.15, 0.2) is 0 Å². The van der Waals surface area contributed by atoms with Gasteiger partial charge in [0.25, 0.3) is 0 Å². The van der Waals surface area contributed by atoms with Gasteiger partial charge >= 0.3 is 0 Å². The smallest absolute Gasteiger partial charge is 0.112 e. The van der Waals surface area contributed by atoms with Gasteiger partial charge in [-0.1, -0.05) is 40.0 Å². The highest BCUT2D eigenvalue weighted by atomic mass is 15.4. The van der Waals surface area contributed by atoms with E-state index in [0.29, 0.717) is 5.41 Å². The highest BCUT2D eigenvalue weighted by molar-refractivity contribution is 4.83. The van der Waals surface area contributed by atoms with Crippen molar-refractivity contribution in [2.24, 2.45) is 5.41 Å². The summed E-state index contributed by atoms with van der Waals surface area (Å²) in [5.74, 6) is 0. The molecule has 0 aromatic heterocycles. The normalized spacial score (nSPS) is 31.9. The molecular formula is C29H58N3+. The second kappa shape index (κ2) is 12.0. The minimum Gasteiger partial charge on any atom is -0.454 e. The zero-order valence-electron chi connectivity index (χ0n) is 22.6. The van der Waals surface area contributed by atoms with Crippen molar-refractivity contribution < 1.29 is 13.4 Å². The predicted molar refractivity (Wildman–Crippen MR) is 139 cm³/mol. The summed E-state index contributed by atoms with van der Waals surface area (Å²) < 4.78 is 4.16. The summed E-state index contributed by atoms with van der Waals surface area (Å²) >= 11 is 0. The molecule has 0 saturated carbocycles. The molecule has 3 saturated heterocycles. The van der Waals surface area contributed by atoms with Gasteiger partial charge < -0.3 is 13.4 Å². The van der Waals surface area contributed by atoms with Crippen LogP contribution in [0.25, 0.3) is 0 Å². The average molecular weight is 449 g/mol. The molecule has 3 nitrogen and oxygen atoms in total. The molecule has 3 fully saturated rings. The third-order valence-corrected chi connectivity index (χ3v) is 9.22. The Hall–Kier alpha value is -0.120. The van der Waals surface area contributed by atoms with Crippen LogP contribution in [-0.2, 0) is 0 Å². The monoisotopic (exact) mass is 448 g/mol. The lowest BCUT2D eigenvalue weighted by Crippen LogP contribution is -2.64. The Labute approximate surface area is 202 Å². The molecule has 3 aliphatic heterocycles. The number of hydrogen-bond donors (Lipinski definition) is 0. The number of unbranched alkanes of at least 4 members (excludes halogenated alkanes) is 3. The highest BCUT2D eigenvalue weighted by Crippen LogP contribution is 2.38. The van der Waals surface area contributed by atoms with Gasteiger partial charge in [0, 0.05) is 19.4 Å². The van der Waals surface area contributed by atoms with Crippen LogP contribution in [0.2, 0.25) is 0 Å². The fraction of sp³-hybridized carbons (Fsp3) is 0.931. The van der Waals surface area contributed by atoms with Gasteiger partial charge in [0.05, 0.1) is 58.9 Å². The standard InChI is InChI=1S/C29H58N3/c1-5-8-17-30(20-11-12-21-30)26-29(4,27-31(18-9-6-2)22-13-14-23-31)28-32(19-10-7-3)24-15-16-25-32/h11,22H,5-10,12-21,23-28H2,1-4H3/q+1. The minimum absolute atomic E-state index is 0.443. The molecule has 3 rings (SSSR count). The molecule has 188 valence electrons. The van der Waals surface area contributed by atoms with Crippen LogP contribution >= 0.6 is 0 Å². The van der Waals surface area contributed by atoms with Crippen LogP contribution in [0.1, 0.15) is 98.3 Å². The molecule has 3 heteroatoms. The van der Waals surface area contributed by atoms with Crippen molar-refractivity contribution in [1.82, 2.24) is 0 Å². The number of nitrogens with zero attached hydrogens (tertiary/aromatic N) is 3. The largest absolute Gasteiger partial charge is 0.454 e. The first-order chi connectivity index (χ1) is 15.4. The summed E-state index contributed by atoms with van der Waals surface area (Å²) in [5.41, 5.74) is 0.443. The van der Waals surface area contributed by atoms with Crippen LogP contribution in [0.3, 0.4) is 0 Å². The molecular weight excluding hydrogens is 390 g/mol. The molecule has 3 heterocycles. The van der Waals surface area contributed by atoms with Crippen LogP contribution < -0.4 is 0 Å². The van der Waals surface area contributed by atoms with Crippen LogP contribution in [0.5, 0.6) is 0 Å². The van der Waals surface area contributed by atoms with Gasteiger partial charge in [-0.3, -0.25) is 6.42 Å². The van der Waals surface area contributed by atoms with E-state index in [4.69, 9.17) is 0 Å². The van der Waals surface area contributed by atoms with Crippen LogP contribution in [0, 0.1) is 18.4 Å². The SMILES string of the molecule is CCCC[N+]1(CC(C)(C[N+]2(CCCC)C[CH-]CC2)C[N+]2(CCCC)CCCC2)[CH-]CCC1. The van der Waals surface area contributed by atoms with Crippen molar-refractivity contribution in [2.75, 3.05) is 72.0 Å². The number of rotatable bonds is 15. The fourth-order valence-corrected chi connectivity index (χ4v) is 7.99. The Morgan fingerprint density at radius 1 is 0.656 bits per heavy atom. The van der Waals surface area contributed by atoms with Crippen molar-refractivity contribution in [3.63, 3.8) is 0 Å². The zero-order chi connectivity index (χ0) is 23.0. The Kier molecular flexibility index (Phi) is 9.95. The molecule has 0 aromatic rings. The van der Waals surface area contributed by atoms with Crippen LogP contribution in [0.15, 0.2) is 0 Å². The van der Waals surface area contributed by atoms with Crippen molar-refractivity contribution >= 4 is 0 Å². The van der Waals surface area contributed by atoms with E-state index >= 15 is 0 Å². The molecule has 3 unspecified atom stereocenters. The lowest BCUT2D eigenvalue weighted by molar-refractivity contribution is -0.960. The van der Waals surface area contributed by atoms with E-state index < -0.39 is 0 Å². The van der Waals surface area contributed by atoms with Crippen LogP contribution in [0.4, 0.5) is 0 Å². The van der Waals surface area contributed by atoms with Crippen molar-refractivity contribution in [3.8, 4) is 0 Å². The molecule has 0 bridgehead atoms. The maximum atomic E-state index is 2.75. The summed E-state index contributed by atoms with van der Waals surface area (Å²) in [4.78, 5) is 0. The maximum absolute atomic E-state index is 2.75. The quantitative estimate of drug-likeness (QED) is 0.207. The Bertz CT molecular complexity index is 450. The Morgan fingerprint density at radius 2 is 1.28 bits per heavy atom. The van der Waals surface area contributed by atoms with Gasteiger partial charge in [0.2, 0.25) is 0 Å². The predicted octanol–water partition coefficient (Wildman–Crippen LogP) is 6.20. The fourth-order valence-electron chi connectivity index (χ4n) is 7.99. The third kappa shape index (κ3) is 6.95. The van der Waals surface area contributed by atoms with E-state index in [1.807, 2.05) is 0 Å². The maximum Gasteiger partial charge on any atom is 0.112 e. The lowest BCUT2D eigenvalue weighted by Gasteiger charge is -2.53. The van der Waals surface area contributed by atoms with Gasteiger partial charge in [-0.05, 0) is 39.2 Å². The molecule has 32 heavy (non-hydrogen) atoms. The second-order valence-corrected chi connectivity index (χ2v) is 12.6. The van der Waals surface area contributed by atoms with Gasteiger partial charge in [-0.2, -0.15) is 0 Å². The average Bonchev–Trinajstić information content (AvgIpc) is 3.52. The first-order valence-electron chi connectivity index (χ1n) is 14.6. The Balaban J connectivity index is 1.86. The van der Waals surface area contributed by atoms with E-state index in [1.165, 1.54) is 156 Å². The van der Waals surface area contributed by atoms with E-state index in [1.54, 1.807) is 0 Å². The van der Waals surface area contributed by atoms with E-state index in [9.17, 15) is 0 Å². The van der Waals surface area contributed by atoms with E-state index in [2.05, 4.69) is 40.7 Å². The van der Waals surface area contributed by atoms with E-state index in [0.717, 1.165) is 0 Å². The number of hydrogen-bond acceptors (Lipinski definition) is 0. The molecule has 0 aliphatic carbocycles. The van der Waals surface area contributed by atoms with Gasteiger partial charge in [0.1, 0.15) is 5.41 Å². The minimum atomic E-state index is 0.443. The first-order valence-corrected chi connectivity index (χ1v) is 14.6. The van der Waals surface area contributed by atoms with Gasteiger partial charge in [-0.15, -0.1) is 19.4 Å². The molecule has 0 radical (unpaired) electrons. The van der Waals surface area contributed by atoms with E-state index in [-0.39, 0.29) is 0 Å². The molecule has 0 aromatic carbocycles. The summed E-state index contributed by atoms with van der Waals surface area (Å²) in [6.07, 6.45) is 17.9. The van der Waals surface area contributed by atoms with Gasteiger partial charge in [-0.25, -0.2) is 0 Å². The Morgan fingerprint density at radius 3 is 1.84 bits per heavy atom. The summed E-state index contributed by atoms with van der Waals surface area (Å²) in [7, 11) is 0. The molecule has 0 spiro atoms. The summed E-state index contributed by atoms with van der Waals surface area (Å²) in [5, 5.41) is 0. The molecule has 0 N–H and O–H groups in total. The molecule has 3 atom stereocenters. The first kappa shape index (κ1) is 26.5. The lowest BCUT2D eigenvalue weighted by atomic mass is 9.84. The van der Waals surface area contributed by atoms with Crippen LogP contribution in [-0.4, -0.2) is 85.4 Å². The third-order valence-electron chi connectivity index (χ3n) is 9.22. The second-order valence-electron chi connectivity index (χ2n) is 12.6. The highest BCUT2D eigenvalue weighted by Gasteiger charge is 2.48. The molecule has 0 amide bonds. The number of quaternary nitrogens is 3.